The number of rotatable bonds is 7. The van der Waals surface area contributed by atoms with E-state index in [-0.39, 0.29) is 11.8 Å². The van der Waals surface area contributed by atoms with Gasteiger partial charge in [-0.05, 0) is 30.5 Å². The maximum atomic E-state index is 11.9. The van der Waals surface area contributed by atoms with Gasteiger partial charge in [0.15, 0.2) is 9.84 Å². The van der Waals surface area contributed by atoms with Crippen LogP contribution in [0.5, 0.6) is 0 Å². The van der Waals surface area contributed by atoms with Crippen molar-refractivity contribution >= 4 is 15.7 Å². The number of aryl methyl sites for hydroxylation is 1. The Bertz CT molecular complexity index is 594. The number of carbonyl (C=O) groups is 1. The quantitative estimate of drug-likeness (QED) is 0.842. The van der Waals surface area contributed by atoms with Crippen LogP contribution in [0.3, 0.4) is 0 Å². The summed E-state index contributed by atoms with van der Waals surface area (Å²) in [6, 6.07) is 5.26. The molecule has 1 amide bonds. The number of sulfone groups is 1. The molecule has 1 aromatic carbocycles. The lowest BCUT2D eigenvalue weighted by Crippen LogP contribution is -2.28. The van der Waals surface area contributed by atoms with Crippen molar-refractivity contribution in [1.82, 2.24) is 5.32 Å². The van der Waals surface area contributed by atoms with Gasteiger partial charge in [-0.2, -0.15) is 0 Å². The van der Waals surface area contributed by atoms with E-state index >= 15 is 0 Å². The molecule has 0 fully saturated rings. The first-order chi connectivity index (χ1) is 9.75. The zero-order valence-electron chi connectivity index (χ0n) is 13.3. The summed E-state index contributed by atoms with van der Waals surface area (Å²) in [6.07, 6.45) is 4.19. The maximum Gasteiger partial charge on any atom is 0.223 e. The Morgan fingerprint density at radius 1 is 1.33 bits per heavy atom. The average molecular weight is 311 g/mol. The molecule has 1 aromatic rings. The molecule has 0 spiro atoms. The average Bonchev–Trinajstić information content (AvgIpc) is 2.42. The van der Waals surface area contributed by atoms with Gasteiger partial charge in [0, 0.05) is 18.7 Å². The second-order valence-electron chi connectivity index (χ2n) is 5.63. The van der Waals surface area contributed by atoms with Crippen molar-refractivity contribution < 1.29 is 13.2 Å². The maximum absolute atomic E-state index is 11.9. The van der Waals surface area contributed by atoms with Gasteiger partial charge in [-0.25, -0.2) is 8.42 Å². The van der Waals surface area contributed by atoms with Crippen LogP contribution < -0.4 is 5.32 Å². The van der Waals surface area contributed by atoms with E-state index in [0.717, 1.165) is 30.4 Å². The van der Waals surface area contributed by atoms with Crippen LogP contribution in [0.1, 0.15) is 44.2 Å². The second-order valence-corrected chi connectivity index (χ2v) is 7.62. The summed E-state index contributed by atoms with van der Waals surface area (Å²) in [7, 11) is -3.24. The highest BCUT2D eigenvalue weighted by atomic mass is 32.2. The highest BCUT2D eigenvalue weighted by Crippen LogP contribution is 2.17. The van der Waals surface area contributed by atoms with Crippen LogP contribution in [0.15, 0.2) is 23.1 Å². The summed E-state index contributed by atoms with van der Waals surface area (Å²) in [6.45, 7) is 6.15. The first-order valence-electron chi connectivity index (χ1n) is 7.33. The first kappa shape index (κ1) is 17.7. The monoisotopic (exact) mass is 311 g/mol. The number of hydrogen-bond acceptors (Lipinski definition) is 3. The molecule has 1 rings (SSSR count). The molecule has 5 heteroatoms. The topological polar surface area (TPSA) is 63.2 Å². The lowest BCUT2D eigenvalue weighted by Gasteiger charge is -2.12. The lowest BCUT2D eigenvalue weighted by atomic mass is 10.0. The molecule has 4 nitrogen and oxygen atoms in total. The fourth-order valence-electron chi connectivity index (χ4n) is 2.16. The van der Waals surface area contributed by atoms with Gasteiger partial charge in [-0.3, -0.25) is 4.79 Å². The van der Waals surface area contributed by atoms with E-state index in [2.05, 4.69) is 12.2 Å². The van der Waals surface area contributed by atoms with Gasteiger partial charge < -0.3 is 5.32 Å². The summed E-state index contributed by atoms with van der Waals surface area (Å²) in [5, 5.41) is 2.87. The van der Waals surface area contributed by atoms with Crippen molar-refractivity contribution in [2.45, 2.75) is 51.5 Å². The number of amides is 1. The van der Waals surface area contributed by atoms with Crippen molar-refractivity contribution in [3.63, 3.8) is 0 Å². The summed E-state index contributed by atoms with van der Waals surface area (Å²) in [5.41, 5.74) is 1.53. The smallest absolute Gasteiger partial charge is 0.223 e. The SMILES string of the molecule is CCCC[C@H](C)C(=O)NCc1ccc(C)c(S(C)(=O)=O)c1. The van der Waals surface area contributed by atoms with Crippen LogP contribution in [0.2, 0.25) is 0 Å². The standard InChI is InChI=1S/C16H25NO3S/c1-5-6-7-13(3)16(18)17-11-14-9-8-12(2)15(10-14)21(4,19)20/h8-10,13H,5-7,11H2,1-4H3,(H,17,18)/t13-/m0/s1. The predicted molar refractivity (Wildman–Crippen MR) is 84.8 cm³/mol. The molecule has 0 saturated heterocycles. The second kappa shape index (κ2) is 7.59. The van der Waals surface area contributed by atoms with E-state index in [1.165, 1.54) is 6.26 Å². The molecule has 0 aliphatic carbocycles. The summed E-state index contributed by atoms with van der Waals surface area (Å²) in [4.78, 5) is 12.3. The third kappa shape index (κ3) is 5.50. The van der Waals surface area contributed by atoms with Crippen molar-refractivity contribution in [3.8, 4) is 0 Å². The van der Waals surface area contributed by atoms with Crippen LogP contribution >= 0.6 is 0 Å². The Labute approximate surface area is 127 Å². The molecule has 0 radical (unpaired) electrons. The fourth-order valence-corrected chi connectivity index (χ4v) is 3.18. The van der Waals surface area contributed by atoms with Crippen LogP contribution in [-0.2, 0) is 21.2 Å². The van der Waals surface area contributed by atoms with Crippen LogP contribution in [-0.4, -0.2) is 20.6 Å². The lowest BCUT2D eigenvalue weighted by molar-refractivity contribution is -0.124. The number of unbranched alkanes of at least 4 members (excludes halogenated alkanes) is 1. The summed E-state index contributed by atoms with van der Waals surface area (Å²) < 4.78 is 23.4. The van der Waals surface area contributed by atoms with Gasteiger partial charge in [-0.15, -0.1) is 0 Å². The van der Waals surface area contributed by atoms with Gasteiger partial charge in [0.25, 0.3) is 0 Å². The number of hydrogen-bond donors (Lipinski definition) is 1. The molecule has 0 unspecified atom stereocenters. The summed E-state index contributed by atoms with van der Waals surface area (Å²) >= 11 is 0. The van der Waals surface area contributed by atoms with E-state index in [9.17, 15) is 13.2 Å². The third-order valence-corrected chi connectivity index (χ3v) is 4.80. The van der Waals surface area contributed by atoms with E-state index in [0.29, 0.717) is 11.4 Å². The van der Waals surface area contributed by atoms with Crippen LogP contribution in [0.4, 0.5) is 0 Å². The molecule has 0 aromatic heterocycles. The number of benzene rings is 1. The van der Waals surface area contributed by atoms with E-state index < -0.39 is 9.84 Å². The van der Waals surface area contributed by atoms with Gasteiger partial charge in [0.2, 0.25) is 5.91 Å². The Kier molecular flexibility index (Phi) is 6.40. The number of nitrogens with one attached hydrogen (secondary N) is 1. The molecular weight excluding hydrogens is 286 g/mol. The van der Waals surface area contributed by atoms with E-state index in [4.69, 9.17) is 0 Å². The Hall–Kier alpha value is -1.36. The highest BCUT2D eigenvalue weighted by Gasteiger charge is 2.14. The first-order valence-corrected chi connectivity index (χ1v) is 9.22. The van der Waals surface area contributed by atoms with Crippen molar-refractivity contribution in [3.05, 3.63) is 29.3 Å². The molecule has 0 aliphatic rings. The minimum atomic E-state index is -3.24. The zero-order chi connectivity index (χ0) is 16.0. The van der Waals surface area contributed by atoms with Crippen molar-refractivity contribution in [2.24, 2.45) is 5.92 Å². The molecule has 0 saturated carbocycles. The Balaban J connectivity index is 2.70. The molecule has 118 valence electrons. The Morgan fingerprint density at radius 3 is 2.57 bits per heavy atom. The highest BCUT2D eigenvalue weighted by molar-refractivity contribution is 7.90. The molecule has 0 bridgehead atoms. The molecule has 1 N–H and O–H groups in total. The molecule has 0 heterocycles. The predicted octanol–water partition coefficient (Wildman–Crippen LogP) is 2.84. The van der Waals surface area contributed by atoms with Gasteiger partial charge in [0.05, 0.1) is 4.90 Å². The van der Waals surface area contributed by atoms with Gasteiger partial charge in [0.1, 0.15) is 0 Å². The third-order valence-electron chi connectivity index (χ3n) is 3.56. The Morgan fingerprint density at radius 2 is 2.00 bits per heavy atom. The molecule has 1 atom stereocenters. The van der Waals surface area contributed by atoms with Crippen LogP contribution in [0, 0.1) is 12.8 Å². The fraction of sp³-hybridized carbons (Fsp3) is 0.562. The van der Waals surface area contributed by atoms with Crippen LogP contribution in [0.25, 0.3) is 0 Å². The van der Waals surface area contributed by atoms with E-state index in [1.807, 2.05) is 13.0 Å². The van der Waals surface area contributed by atoms with Gasteiger partial charge >= 0.3 is 0 Å². The zero-order valence-corrected chi connectivity index (χ0v) is 14.1. The summed E-state index contributed by atoms with van der Waals surface area (Å²) in [5.74, 6) is 0.00899. The molecular formula is C16H25NO3S. The largest absolute Gasteiger partial charge is 0.352 e. The molecule has 21 heavy (non-hydrogen) atoms. The van der Waals surface area contributed by atoms with E-state index in [1.54, 1.807) is 19.1 Å². The normalized spacial score (nSPS) is 13.0. The molecule has 0 aliphatic heterocycles. The minimum absolute atomic E-state index is 0.00947. The van der Waals surface area contributed by atoms with Crippen molar-refractivity contribution in [2.75, 3.05) is 6.26 Å². The minimum Gasteiger partial charge on any atom is -0.352 e. The number of carbonyl (C=O) groups excluding carboxylic acids is 1. The van der Waals surface area contributed by atoms with Crippen molar-refractivity contribution in [1.29, 1.82) is 0 Å². The van der Waals surface area contributed by atoms with Gasteiger partial charge in [-0.1, -0.05) is 38.8 Å².